The van der Waals surface area contributed by atoms with E-state index in [4.69, 9.17) is 10.5 Å². The van der Waals surface area contributed by atoms with Gasteiger partial charge in [-0.2, -0.15) is 5.10 Å². The summed E-state index contributed by atoms with van der Waals surface area (Å²) in [5.41, 5.74) is 6.98. The lowest BCUT2D eigenvalue weighted by Crippen LogP contribution is -2.54. The number of aromatic amines is 1. The van der Waals surface area contributed by atoms with Gasteiger partial charge in [-0.25, -0.2) is 0 Å². The molecule has 16 heavy (non-hydrogen) atoms. The number of rotatable bonds is 3. The lowest BCUT2D eigenvalue weighted by Gasteiger charge is -2.20. The first kappa shape index (κ1) is 11.1. The van der Waals surface area contributed by atoms with E-state index in [1.54, 1.807) is 6.20 Å². The van der Waals surface area contributed by atoms with E-state index < -0.39 is 5.54 Å². The molecule has 6 heteroatoms. The summed E-state index contributed by atoms with van der Waals surface area (Å²) >= 11 is 0. The number of amides is 1. The largest absolute Gasteiger partial charge is 0.379 e. The lowest BCUT2D eigenvalue weighted by atomic mass is 9.99. The molecule has 1 aliphatic rings. The van der Waals surface area contributed by atoms with Crippen LogP contribution in [0.25, 0.3) is 0 Å². The molecule has 0 spiro atoms. The molecule has 4 N–H and O–H groups in total. The molecule has 0 bridgehead atoms. The Balaban J connectivity index is 1.91. The highest BCUT2D eigenvalue weighted by Crippen LogP contribution is 2.15. The summed E-state index contributed by atoms with van der Waals surface area (Å²) in [4.78, 5) is 11.8. The van der Waals surface area contributed by atoms with Crippen LogP contribution in [0, 0.1) is 6.92 Å². The van der Waals surface area contributed by atoms with Crippen molar-refractivity contribution in [2.75, 3.05) is 13.2 Å². The van der Waals surface area contributed by atoms with E-state index in [0.29, 0.717) is 26.2 Å². The molecule has 0 radical (unpaired) electrons. The molecule has 0 aliphatic carbocycles. The summed E-state index contributed by atoms with van der Waals surface area (Å²) in [5, 5.41) is 9.50. The van der Waals surface area contributed by atoms with Crippen LogP contribution in [0.5, 0.6) is 0 Å². The van der Waals surface area contributed by atoms with E-state index in [1.165, 1.54) is 0 Å². The predicted molar refractivity (Wildman–Crippen MR) is 57.5 cm³/mol. The van der Waals surface area contributed by atoms with Crippen LogP contribution in [0.4, 0.5) is 0 Å². The minimum atomic E-state index is -0.863. The van der Waals surface area contributed by atoms with Crippen molar-refractivity contribution >= 4 is 5.91 Å². The van der Waals surface area contributed by atoms with Crippen LogP contribution >= 0.6 is 0 Å². The predicted octanol–water partition coefficient (Wildman–Crippen LogP) is -0.548. The van der Waals surface area contributed by atoms with E-state index in [2.05, 4.69) is 15.5 Å². The number of H-pyrrole nitrogens is 1. The first-order valence-corrected chi connectivity index (χ1v) is 5.25. The van der Waals surface area contributed by atoms with Crippen molar-refractivity contribution in [3.05, 3.63) is 17.5 Å². The Morgan fingerprint density at radius 3 is 3.19 bits per heavy atom. The number of aryl methyl sites for hydroxylation is 1. The van der Waals surface area contributed by atoms with E-state index in [9.17, 15) is 4.79 Å². The molecule has 0 saturated carbocycles. The Morgan fingerprint density at radius 2 is 2.62 bits per heavy atom. The van der Waals surface area contributed by atoms with Gasteiger partial charge >= 0.3 is 0 Å². The number of hydrogen-bond acceptors (Lipinski definition) is 4. The normalized spacial score (nSPS) is 24.6. The van der Waals surface area contributed by atoms with Crippen LogP contribution in [0.1, 0.15) is 17.7 Å². The van der Waals surface area contributed by atoms with Gasteiger partial charge in [0.1, 0.15) is 5.54 Å². The Bertz CT molecular complexity index is 382. The Labute approximate surface area is 93.5 Å². The fourth-order valence-corrected chi connectivity index (χ4v) is 1.67. The summed E-state index contributed by atoms with van der Waals surface area (Å²) in [6, 6.07) is 0. The highest BCUT2D eigenvalue weighted by molar-refractivity contribution is 5.86. The minimum absolute atomic E-state index is 0.161. The van der Waals surface area contributed by atoms with Gasteiger partial charge in [0.2, 0.25) is 5.91 Å². The SMILES string of the molecule is Cc1[nH]ncc1CNC(=O)C1(N)CCOC1. The quantitative estimate of drug-likeness (QED) is 0.642. The van der Waals surface area contributed by atoms with Crippen LogP contribution in [-0.4, -0.2) is 34.9 Å². The minimum Gasteiger partial charge on any atom is -0.379 e. The second-order valence-corrected chi connectivity index (χ2v) is 4.16. The summed E-state index contributed by atoms with van der Waals surface area (Å²) in [5.74, 6) is -0.161. The van der Waals surface area contributed by atoms with Gasteiger partial charge in [-0.1, -0.05) is 0 Å². The number of carbonyl (C=O) groups excluding carboxylic acids is 1. The molecule has 2 heterocycles. The molecule has 2 rings (SSSR count). The number of nitrogens with zero attached hydrogens (tertiary/aromatic N) is 1. The summed E-state index contributed by atoms with van der Waals surface area (Å²) < 4.78 is 5.14. The summed E-state index contributed by atoms with van der Waals surface area (Å²) in [6.07, 6.45) is 2.27. The topological polar surface area (TPSA) is 93.0 Å². The summed E-state index contributed by atoms with van der Waals surface area (Å²) in [7, 11) is 0. The maximum atomic E-state index is 11.8. The molecular weight excluding hydrogens is 208 g/mol. The van der Waals surface area contributed by atoms with Gasteiger partial charge in [0, 0.05) is 24.4 Å². The molecule has 6 nitrogen and oxygen atoms in total. The number of nitrogens with two attached hydrogens (primary N) is 1. The molecule has 1 saturated heterocycles. The zero-order valence-electron chi connectivity index (χ0n) is 9.25. The Morgan fingerprint density at radius 1 is 1.81 bits per heavy atom. The standard InChI is InChI=1S/C10H16N4O2/c1-7-8(5-13-14-7)4-12-9(15)10(11)2-3-16-6-10/h5H,2-4,6,11H2,1H3,(H,12,15)(H,13,14). The number of aromatic nitrogens is 2. The third-order valence-corrected chi connectivity index (χ3v) is 2.88. The number of nitrogens with one attached hydrogen (secondary N) is 2. The fraction of sp³-hybridized carbons (Fsp3) is 0.600. The highest BCUT2D eigenvalue weighted by atomic mass is 16.5. The van der Waals surface area contributed by atoms with Gasteiger partial charge in [0.25, 0.3) is 0 Å². The zero-order chi connectivity index (χ0) is 11.6. The average molecular weight is 224 g/mol. The zero-order valence-corrected chi connectivity index (χ0v) is 9.25. The van der Waals surface area contributed by atoms with Gasteiger partial charge in [-0.05, 0) is 13.3 Å². The smallest absolute Gasteiger partial charge is 0.242 e. The molecule has 0 aromatic carbocycles. The maximum Gasteiger partial charge on any atom is 0.242 e. The van der Waals surface area contributed by atoms with Crippen molar-refractivity contribution in [3.63, 3.8) is 0 Å². The number of ether oxygens (including phenoxy) is 1. The first-order valence-electron chi connectivity index (χ1n) is 5.25. The summed E-state index contributed by atoms with van der Waals surface area (Å²) in [6.45, 7) is 3.20. The molecule has 88 valence electrons. The van der Waals surface area contributed by atoms with E-state index in [1.807, 2.05) is 6.92 Å². The molecule has 1 atom stereocenters. The van der Waals surface area contributed by atoms with Crippen molar-refractivity contribution in [2.24, 2.45) is 5.73 Å². The fourth-order valence-electron chi connectivity index (χ4n) is 1.67. The molecular formula is C10H16N4O2. The van der Waals surface area contributed by atoms with Crippen LogP contribution in [0.3, 0.4) is 0 Å². The third-order valence-electron chi connectivity index (χ3n) is 2.88. The highest BCUT2D eigenvalue weighted by Gasteiger charge is 2.37. The molecule has 1 amide bonds. The second kappa shape index (κ2) is 4.23. The van der Waals surface area contributed by atoms with E-state index in [0.717, 1.165) is 11.3 Å². The van der Waals surface area contributed by atoms with Crippen molar-refractivity contribution in [1.29, 1.82) is 0 Å². The first-order chi connectivity index (χ1) is 7.62. The van der Waals surface area contributed by atoms with Crippen LogP contribution in [-0.2, 0) is 16.1 Å². The van der Waals surface area contributed by atoms with Gasteiger partial charge in [-0.3, -0.25) is 9.89 Å². The van der Waals surface area contributed by atoms with Gasteiger partial charge in [0.15, 0.2) is 0 Å². The molecule has 1 aromatic heterocycles. The number of hydrogen-bond donors (Lipinski definition) is 3. The van der Waals surface area contributed by atoms with Crippen LogP contribution in [0.2, 0.25) is 0 Å². The molecule has 1 aliphatic heterocycles. The monoisotopic (exact) mass is 224 g/mol. The average Bonchev–Trinajstić information content (AvgIpc) is 2.85. The third kappa shape index (κ3) is 2.07. The van der Waals surface area contributed by atoms with Crippen molar-refractivity contribution in [1.82, 2.24) is 15.5 Å². The van der Waals surface area contributed by atoms with Crippen LogP contribution in [0.15, 0.2) is 6.20 Å². The van der Waals surface area contributed by atoms with Crippen LogP contribution < -0.4 is 11.1 Å². The van der Waals surface area contributed by atoms with E-state index >= 15 is 0 Å². The van der Waals surface area contributed by atoms with Gasteiger partial charge in [-0.15, -0.1) is 0 Å². The van der Waals surface area contributed by atoms with Crippen molar-refractivity contribution < 1.29 is 9.53 Å². The maximum absolute atomic E-state index is 11.8. The van der Waals surface area contributed by atoms with Crippen molar-refractivity contribution in [3.8, 4) is 0 Å². The van der Waals surface area contributed by atoms with E-state index in [-0.39, 0.29) is 5.91 Å². The Kier molecular flexibility index (Phi) is 2.93. The van der Waals surface area contributed by atoms with Gasteiger partial charge < -0.3 is 15.8 Å². The second-order valence-electron chi connectivity index (χ2n) is 4.16. The lowest BCUT2D eigenvalue weighted by molar-refractivity contribution is -0.126. The Hall–Kier alpha value is -1.40. The molecule has 1 unspecified atom stereocenters. The molecule has 1 aromatic rings. The number of carbonyl (C=O) groups is 1. The molecule has 1 fully saturated rings. The van der Waals surface area contributed by atoms with Crippen molar-refractivity contribution in [2.45, 2.75) is 25.4 Å². The van der Waals surface area contributed by atoms with Gasteiger partial charge in [0.05, 0.1) is 12.8 Å².